The number of anilines is 1. The quantitative estimate of drug-likeness (QED) is 0.664. The van der Waals surface area contributed by atoms with E-state index in [0.29, 0.717) is 19.5 Å². The molecule has 3 aromatic carbocycles. The van der Waals surface area contributed by atoms with Gasteiger partial charge in [0.1, 0.15) is 0 Å². The molecule has 0 spiro atoms. The second-order valence-electron chi connectivity index (χ2n) is 7.71. The van der Waals surface area contributed by atoms with Crippen LogP contribution in [-0.4, -0.2) is 42.0 Å². The minimum absolute atomic E-state index is 0.0799. The predicted molar refractivity (Wildman–Crippen MR) is 123 cm³/mol. The second-order valence-corrected chi connectivity index (χ2v) is 7.71. The van der Waals surface area contributed by atoms with E-state index in [1.807, 2.05) is 41.3 Å². The van der Waals surface area contributed by atoms with Crippen LogP contribution in [0, 0.1) is 11.3 Å². The summed E-state index contributed by atoms with van der Waals surface area (Å²) in [5, 5.41) is 11.8. The van der Waals surface area contributed by atoms with Gasteiger partial charge in [-0.3, -0.25) is 4.90 Å². The number of hydrogen-bond donors (Lipinski definition) is 1. The number of piperazine rings is 1. The summed E-state index contributed by atoms with van der Waals surface area (Å²) in [7, 11) is 0. The summed E-state index contributed by atoms with van der Waals surface area (Å²) in [5.41, 5.74) is 4.23. The van der Waals surface area contributed by atoms with E-state index in [9.17, 15) is 4.79 Å². The van der Waals surface area contributed by atoms with Crippen LogP contribution in [0.4, 0.5) is 10.5 Å². The Hall–Kier alpha value is -3.62. The Kier molecular flexibility index (Phi) is 6.61. The van der Waals surface area contributed by atoms with Gasteiger partial charge in [-0.25, -0.2) is 4.79 Å². The minimum atomic E-state index is -0.0799. The second kappa shape index (κ2) is 9.92. The molecule has 4 rings (SSSR count). The van der Waals surface area contributed by atoms with Crippen LogP contribution in [0.25, 0.3) is 0 Å². The molecule has 1 N–H and O–H groups in total. The predicted octanol–water partition coefficient (Wildman–Crippen LogP) is 4.69. The number of rotatable bonds is 5. The molecule has 0 radical (unpaired) electrons. The highest BCUT2D eigenvalue weighted by molar-refractivity contribution is 5.89. The molecule has 0 unspecified atom stereocenters. The largest absolute Gasteiger partial charge is 0.322 e. The number of urea groups is 1. The molecule has 2 amide bonds. The first-order valence-corrected chi connectivity index (χ1v) is 10.6. The molecule has 1 aliphatic heterocycles. The standard InChI is InChI=1S/C26H26N4O/c27-16-15-21-11-13-24(14-12-21)28-26(31)30-19-17-29(18-20-30)25(22-7-3-1-4-8-22)23-9-5-2-6-10-23/h1-14,25H,15,17-20H2,(H,28,31). The number of benzene rings is 3. The zero-order valence-electron chi connectivity index (χ0n) is 17.4. The Bertz CT molecular complexity index is 981. The van der Waals surface area contributed by atoms with E-state index in [1.165, 1.54) is 11.1 Å². The van der Waals surface area contributed by atoms with E-state index in [0.717, 1.165) is 24.3 Å². The number of nitriles is 1. The maximum absolute atomic E-state index is 12.7. The molecule has 31 heavy (non-hydrogen) atoms. The maximum Gasteiger partial charge on any atom is 0.321 e. The number of carbonyl (C=O) groups is 1. The molecular weight excluding hydrogens is 384 g/mol. The van der Waals surface area contributed by atoms with E-state index in [1.54, 1.807) is 0 Å². The Morgan fingerprint density at radius 2 is 1.39 bits per heavy atom. The van der Waals surface area contributed by atoms with Gasteiger partial charge in [-0.05, 0) is 28.8 Å². The Morgan fingerprint density at radius 3 is 1.90 bits per heavy atom. The van der Waals surface area contributed by atoms with Crippen molar-refractivity contribution in [2.45, 2.75) is 12.5 Å². The fraction of sp³-hybridized carbons (Fsp3) is 0.231. The van der Waals surface area contributed by atoms with Gasteiger partial charge in [0.2, 0.25) is 0 Å². The number of amides is 2. The first kappa shape index (κ1) is 20.6. The molecule has 0 saturated carbocycles. The highest BCUT2D eigenvalue weighted by Crippen LogP contribution is 2.29. The lowest BCUT2D eigenvalue weighted by atomic mass is 9.96. The fourth-order valence-electron chi connectivity index (χ4n) is 4.07. The van der Waals surface area contributed by atoms with Crippen LogP contribution in [0.2, 0.25) is 0 Å². The van der Waals surface area contributed by atoms with Crippen LogP contribution in [-0.2, 0) is 6.42 Å². The average molecular weight is 411 g/mol. The minimum Gasteiger partial charge on any atom is -0.322 e. The molecule has 5 nitrogen and oxygen atoms in total. The molecule has 3 aromatic rings. The normalized spacial score (nSPS) is 14.3. The van der Waals surface area contributed by atoms with Gasteiger partial charge in [0.15, 0.2) is 0 Å². The summed E-state index contributed by atoms with van der Waals surface area (Å²) >= 11 is 0. The average Bonchev–Trinajstić information content (AvgIpc) is 2.82. The van der Waals surface area contributed by atoms with Gasteiger partial charge in [-0.2, -0.15) is 5.26 Å². The van der Waals surface area contributed by atoms with Crippen molar-refractivity contribution < 1.29 is 4.79 Å². The zero-order chi connectivity index (χ0) is 21.5. The van der Waals surface area contributed by atoms with Gasteiger partial charge in [-0.15, -0.1) is 0 Å². The van der Waals surface area contributed by atoms with Crippen molar-refractivity contribution in [3.8, 4) is 6.07 Å². The number of carbonyl (C=O) groups excluding carboxylic acids is 1. The van der Waals surface area contributed by atoms with Gasteiger partial charge in [0.05, 0.1) is 18.5 Å². The summed E-state index contributed by atoms with van der Waals surface area (Å²) in [4.78, 5) is 17.1. The highest BCUT2D eigenvalue weighted by atomic mass is 16.2. The molecule has 1 saturated heterocycles. The first-order chi connectivity index (χ1) is 15.2. The van der Waals surface area contributed by atoms with Gasteiger partial charge >= 0.3 is 6.03 Å². The molecule has 5 heteroatoms. The Morgan fingerprint density at radius 1 is 0.839 bits per heavy atom. The summed E-state index contributed by atoms with van der Waals surface area (Å²) in [6, 6.07) is 30.8. The molecule has 0 aliphatic carbocycles. The van der Waals surface area contributed by atoms with Crippen molar-refractivity contribution in [1.29, 1.82) is 5.26 Å². The van der Waals surface area contributed by atoms with E-state index < -0.39 is 0 Å². The summed E-state index contributed by atoms with van der Waals surface area (Å²) < 4.78 is 0. The summed E-state index contributed by atoms with van der Waals surface area (Å²) in [5.74, 6) is 0. The van der Waals surface area contributed by atoms with Crippen molar-refractivity contribution in [1.82, 2.24) is 9.80 Å². The SMILES string of the molecule is N#CCc1ccc(NC(=O)N2CCN(C(c3ccccc3)c3ccccc3)CC2)cc1. The van der Waals surface area contributed by atoms with Gasteiger partial charge in [-0.1, -0.05) is 72.8 Å². The van der Waals surface area contributed by atoms with Crippen molar-refractivity contribution >= 4 is 11.7 Å². The number of hydrogen-bond acceptors (Lipinski definition) is 3. The van der Waals surface area contributed by atoms with Crippen molar-refractivity contribution in [2.24, 2.45) is 0 Å². The fourth-order valence-corrected chi connectivity index (χ4v) is 4.07. The topological polar surface area (TPSA) is 59.4 Å². The third-order valence-electron chi connectivity index (χ3n) is 5.69. The van der Waals surface area contributed by atoms with Gasteiger partial charge < -0.3 is 10.2 Å². The van der Waals surface area contributed by atoms with E-state index in [4.69, 9.17) is 5.26 Å². The summed E-state index contributed by atoms with van der Waals surface area (Å²) in [6.45, 7) is 2.97. The molecular formula is C26H26N4O. The van der Waals surface area contributed by atoms with Crippen molar-refractivity contribution in [3.63, 3.8) is 0 Å². The van der Waals surface area contributed by atoms with Crippen LogP contribution in [0.15, 0.2) is 84.9 Å². The number of nitrogens with zero attached hydrogens (tertiary/aromatic N) is 3. The maximum atomic E-state index is 12.7. The van der Waals surface area contributed by atoms with Crippen LogP contribution in [0.3, 0.4) is 0 Å². The third kappa shape index (κ3) is 5.11. The van der Waals surface area contributed by atoms with E-state index >= 15 is 0 Å². The summed E-state index contributed by atoms with van der Waals surface area (Å²) in [6.07, 6.45) is 0.375. The molecule has 1 aliphatic rings. The molecule has 0 bridgehead atoms. The lowest BCUT2D eigenvalue weighted by Gasteiger charge is -2.39. The van der Waals surface area contributed by atoms with Gasteiger partial charge in [0, 0.05) is 31.9 Å². The van der Waals surface area contributed by atoms with Crippen LogP contribution < -0.4 is 5.32 Å². The van der Waals surface area contributed by atoms with E-state index in [-0.39, 0.29) is 12.1 Å². The molecule has 1 heterocycles. The van der Waals surface area contributed by atoms with E-state index in [2.05, 4.69) is 64.8 Å². The molecule has 156 valence electrons. The zero-order valence-corrected chi connectivity index (χ0v) is 17.4. The van der Waals surface area contributed by atoms with Crippen molar-refractivity contribution in [2.75, 3.05) is 31.5 Å². The Labute approximate surface area is 183 Å². The van der Waals surface area contributed by atoms with Crippen LogP contribution >= 0.6 is 0 Å². The monoisotopic (exact) mass is 410 g/mol. The highest BCUT2D eigenvalue weighted by Gasteiger charge is 2.28. The molecule has 0 aromatic heterocycles. The van der Waals surface area contributed by atoms with Crippen LogP contribution in [0.1, 0.15) is 22.7 Å². The third-order valence-corrected chi connectivity index (χ3v) is 5.69. The number of nitrogens with one attached hydrogen (secondary N) is 1. The van der Waals surface area contributed by atoms with Crippen molar-refractivity contribution in [3.05, 3.63) is 102 Å². The first-order valence-electron chi connectivity index (χ1n) is 10.6. The molecule has 1 fully saturated rings. The van der Waals surface area contributed by atoms with Gasteiger partial charge in [0.25, 0.3) is 0 Å². The smallest absolute Gasteiger partial charge is 0.321 e. The Balaban J connectivity index is 1.40. The molecule has 0 atom stereocenters. The van der Waals surface area contributed by atoms with Crippen LogP contribution in [0.5, 0.6) is 0 Å². The lowest BCUT2D eigenvalue weighted by molar-refractivity contribution is 0.126. The lowest BCUT2D eigenvalue weighted by Crippen LogP contribution is -2.51.